The standard InChI is InChI=1S/C19H16N2O3/c20-16-8-11-18(15-6-9-17(10-7-15)21(22)23)19(12-16)24-13-14-4-2-1-3-5-14/h1-12H,13,20H2. The second kappa shape index (κ2) is 6.83. The molecular formula is C19H16N2O3. The summed E-state index contributed by atoms with van der Waals surface area (Å²) in [6.45, 7) is 0.421. The third kappa shape index (κ3) is 3.52. The molecule has 0 amide bonds. The van der Waals surface area contributed by atoms with Crippen molar-refractivity contribution in [2.45, 2.75) is 6.61 Å². The van der Waals surface area contributed by atoms with E-state index in [-0.39, 0.29) is 5.69 Å². The summed E-state index contributed by atoms with van der Waals surface area (Å²) in [6.07, 6.45) is 0. The highest BCUT2D eigenvalue weighted by Crippen LogP contribution is 2.33. The highest BCUT2D eigenvalue weighted by atomic mass is 16.6. The number of ether oxygens (including phenoxy) is 1. The lowest BCUT2D eigenvalue weighted by atomic mass is 10.0. The Labute approximate surface area is 139 Å². The first-order valence-electron chi connectivity index (χ1n) is 7.44. The number of hydrogen-bond acceptors (Lipinski definition) is 4. The van der Waals surface area contributed by atoms with Crippen LogP contribution in [0.4, 0.5) is 11.4 Å². The van der Waals surface area contributed by atoms with Crippen molar-refractivity contribution in [3.63, 3.8) is 0 Å². The van der Waals surface area contributed by atoms with Gasteiger partial charge in [0.15, 0.2) is 0 Å². The molecule has 0 atom stereocenters. The zero-order valence-corrected chi connectivity index (χ0v) is 12.9. The molecule has 0 radical (unpaired) electrons. The highest BCUT2D eigenvalue weighted by Gasteiger charge is 2.10. The first kappa shape index (κ1) is 15.6. The van der Waals surface area contributed by atoms with Crippen LogP contribution in [-0.2, 0) is 6.61 Å². The first-order valence-corrected chi connectivity index (χ1v) is 7.44. The summed E-state index contributed by atoms with van der Waals surface area (Å²) in [5.74, 6) is 0.646. The van der Waals surface area contributed by atoms with E-state index in [4.69, 9.17) is 10.5 Å². The van der Waals surface area contributed by atoms with Crippen LogP contribution >= 0.6 is 0 Å². The number of rotatable bonds is 5. The molecule has 24 heavy (non-hydrogen) atoms. The van der Waals surface area contributed by atoms with Crippen LogP contribution in [0, 0.1) is 10.1 Å². The van der Waals surface area contributed by atoms with Crippen molar-refractivity contribution in [2.24, 2.45) is 0 Å². The number of nitro groups is 1. The number of nitro benzene ring substituents is 1. The second-order valence-corrected chi connectivity index (χ2v) is 5.33. The van der Waals surface area contributed by atoms with Crippen LogP contribution < -0.4 is 10.5 Å². The van der Waals surface area contributed by atoms with E-state index in [9.17, 15) is 10.1 Å². The van der Waals surface area contributed by atoms with Crippen molar-refractivity contribution in [3.05, 3.63) is 88.5 Å². The Balaban J connectivity index is 1.89. The molecule has 120 valence electrons. The maximum absolute atomic E-state index is 10.8. The first-order chi connectivity index (χ1) is 11.6. The van der Waals surface area contributed by atoms with Crippen LogP contribution in [0.5, 0.6) is 5.75 Å². The van der Waals surface area contributed by atoms with Gasteiger partial charge in [-0.3, -0.25) is 10.1 Å². The Hall–Kier alpha value is -3.34. The van der Waals surface area contributed by atoms with Crippen molar-refractivity contribution >= 4 is 11.4 Å². The van der Waals surface area contributed by atoms with Gasteiger partial charge in [-0.25, -0.2) is 0 Å². The predicted octanol–water partition coefficient (Wildman–Crippen LogP) is 4.42. The summed E-state index contributed by atoms with van der Waals surface area (Å²) in [6, 6.07) is 21.6. The summed E-state index contributed by atoms with van der Waals surface area (Å²) >= 11 is 0. The summed E-state index contributed by atoms with van der Waals surface area (Å²) in [5.41, 5.74) is 9.26. The highest BCUT2D eigenvalue weighted by molar-refractivity contribution is 5.73. The lowest BCUT2D eigenvalue weighted by Crippen LogP contribution is -1.98. The van der Waals surface area contributed by atoms with Gasteiger partial charge in [0.05, 0.1) is 4.92 Å². The Bertz CT molecular complexity index is 846. The minimum absolute atomic E-state index is 0.0564. The molecule has 2 N–H and O–H groups in total. The van der Waals surface area contributed by atoms with Gasteiger partial charge in [-0.2, -0.15) is 0 Å². The third-order valence-corrected chi connectivity index (χ3v) is 3.63. The number of hydrogen-bond donors (Lipinski definition) is 1. The van der Waals surface area contributed by atoms with E-state index in [0.29, 0.717) is 18.0 Å². The topological polar surface area (TPSA) is 78.4 Å². The molecular weight excluding hydrogens is 304 g/mol. The van der Waals surface area contributed by atoms with E-state index in [2.05, 4.69) is 0 Å². The molecule has 0 fully saturated rings. The summed E-state index contributed by atoms with van der Waals surface area (Å²) < 4.78 is 5.92. The van der Waals surface area contributed by atoms with Gasteiger partial charge in [0.2, 0.25) is 0 Å². The minimum Gasteiger partial charge on any atom is -0.488 e. The molecule has 5 nitrogen and oxygen atoms in total. The fourth-order valence-corrected chi connectivity index (χ4v) is 2.39. The predicted molar refractivity (Wildman–Crippen MR) is 93.7 cm³/mol. The maximum Gasteiger partial charge on any atom is 0.269 e. The smallest absolute Gasteiger partial charge is 0.269 e. The van der Waals surface area contributed by atoms with Gasteiger partial charge >= 0.3 is 0 Å². The fraction of sp³-hybridized carbons (Fsp3) is 0.0526. The minimum atomic E-state index is -0.417. The lowest BCUT2D eigenvalue weighted by molar-refractivity contribution is -0.384. The molecule has 0 spiro atoms. The van der Waals surface area contributed by atoms with E-state index in [1.54, 1.807) is 24.3 Å². The van der Waals surface area contributed by atoms with Gasteiger partial charge in [-0.05, 0) is 35.4 Å². The van der Waals surface area contributed by atoms with Crippen LogP contribution in [0.1, 0.15) is 5.56 Å². The van der Waals surface area contributed by atoms with Gasteiger partial charge in [0, 0.05) is 29.4 Å². The van der Waals surface area contributed by atoms with Gasteiger partial charge in [0.25, 0.3) is 5.69 Å². The number of nitrogens with zero attached hydrogens (tertiary/aromatic N) is 1. The Morgan fingerprint density at radius 2 is 1.67 bits per heavy atom. The second-order valence-electron chi connectivity index (χ2n) is 5.33. The van der Waals surface area contributed by atoms with Gasteiger partial charge < -0.3 is 10.5 Å². The number of nitrogen functional groups attached to an aromatic ring is 1. The molecule has 0 aliphatic heterocycles. The van der Waals surface area contributed by atoms with Crippen LogP contribution in [0.3, 0.4) is 0 Å². The summed E-state index contributed by atoms with van der Waals surface area (Å²) in [7, 11) is 0. The monoisotopic (exact) mass is 320 g/mol. The molecule has 5 heteroatoms. The average molecular weight is 320 g/mol. The van der Waals surface area contributed by atoms with Crippen LogP contribution in [0.2, 0.25) is 0 Å². The summed E-state index contributed by atoms with van der Waals surface area (Å²) in [5, 5.41) is 10.8. The third-order valence-electron chi connectivity index (χ3n) is 3.63. The van der Waals surface area contributed by atoms with Crippen LogP contribution in [-0.4, -0.2) is 4.92 Å². The zero-order valence-electron chi connectivity index (χ0n) is 12.9. The van der Waals surface area contributed by atoms with Crippen molar-refractivity contribution in [1.29, 1.82) is 0 Å². The van der Waals surface area contributed by atoms with E-state index >= 15 is 0 Å². The van der Waals surface area contributed by atoms with Crippen molar-refractivity contribution < 1.29 is 9.66 Å². The van der Waals surface area contributed by atoms with Gasteiger partial charge in [-0.1, -0.05) is 30.3 Å². The van der Waals surface area contributed by atoms with E-state index in [0.717, 1.165) is 16.7 Å². The Morgan fingerprint density at radius 1 is 0.958 bits per heavy atom. The molecule has 0 heterocycles. The molecule has 3 aromatic rings. The Morgan fingerprint density at radius 3 is 2.33 bits per heavy atom. The summed E-state index contributed by atoms with van der Waals surface area (Å²) in [4.78, 5) is 10.4. The van der Waals surface area contributed by atoms with Gasteiger partial charge in [-0.15, -0.1) is 0 Å². The van der Waals surface area contributed by atoms with Crippen molar-refractivity contribution in [2.75, 3.05) is 5.73 Å². The SMILES string of the molecule is Nc1ccc(-c2ccc([N+](=O)[O-])cc2)c(OCc2ccccc2)c1. The largest absolute Gasteiger partial charge is 0.488 e. The molecule has 0 aromatic heterocycles. The quantitative estimate of drug-likeness (QED) is 0.429. The molecule has 0 saturated carbocycles. The van der Waals surface area contributed by atoms with Crippen LogP contribution in [0.15, 0.2) is 72.8 Å². The average Bonchev–Trinajstić information content (AvgIpc) is 2.61. The Kier molecular flexibility index (Phi) is 4.43. The zero-order chi connectivity index (χ0) is 16.9. The van der Waals surface area contributed by atoms with Crippen LogP contribution in [0.25, 0.3) is 11.1 Å². The van der Waals surface area contributed by atoms with E-state index < -0.39 is 4.92 Å². The lowest BCUT2D eigenvalue weighted by Gasteiger charge is -2.13. The normalized spacial score (nSPS) is 10.3. The molecule has 0 aliphatic carbocycles. The fourth-order valence-electron chi connectivity index (χ4n) is 2.39. The molecule has 3 rings (SSSR count). The number of nitrogens with two attached hydrogens (primary N) is 1. The molecule has 0 bridgehead atoms. The molecule has 3 aromatic carbocycles. The van der Waals surface area contributed by atoms with Gasteiger partial charge in [0.1, 0.15) is 12.4 Å². The number of benzene rings is 3. The molecule has 0 unspecified atom stereocenters. The van der Waals surface area contributed by atoms with E-state index in [1.165, 1.54) is 12.1 Å². The molecule has 0 saturated heterocycles. The van der Waals surface area contributed by atoms with E-state index in [1.807, 2.05) is 36.4 Å². The maximum atomic E-state index is 10.8. The molecule has 0 aliphatic rings. The van der Waals surface area contributed by atoms with Crippen molar-refractivity contribution in [3.8, 4) is 16.9 Å². The van der Waals surface area contributed by atoms with Crippen molar-refractivity contribution in [1.82, 2.24) is 0 Å². The number of non-ortho nitro benzene ring substituents is 1. The number of anilines is 1.